The first-order valence-corrected chi connectivity index (χ1v) is 7.22. The molecule has 3 rings (SSSR count). The van der Waals surface area contributed by atoms with Crippen molar-refractivity contribution in [1.29, 1.82) is 0 Å². The van der Waals surface area contributed by atoms with Crippen LogP contribution in [0.3, 0.4) is 0 Å². The highest BCUT2D eigenvalue weighted by molar-refractivity contribution is 5.80. The van der Waals surface area contributed by atoms with Gasteiger partial charge in [0, 0.05) is 24.2 Å². The Morgan fingerprint density at radius 3 is 2.86 bits per heavy atom. The molecule has 1 N–H and O–H groups in total. The van der Waals surface area contributed by atoms with Gasteiger partial charge in [0.05, 0.1) is 6.54 Å². The van der Waals surface area contributed by atoms with E-state index in [1.807, 2.05) is 20.9 Å². The van der Waals surface area contributed by atoms with Gasteiger partial charge in [-0.25, -0.2) is 0 Å². The largest absolute Gasteiger partial charge is 0.340 e. The van der Waals surface area contributed by atoms with Crippen LogP contribution in [0.15, 0.2) is 35.0 Å². The van der Waals surface area contributed by atoms with Gasteiger partial charge < -0.3 is 14.4 Å². The van der Waals surface area contributed by atoms with E-state index < -0.39 is 0 Å². The number of hydrogen-bond acceptors (Lipinski definition) is 4. The molecule has 110 valence electrons. The minimum atomic E-state index is 0.261. The number of nitrogens with one attached hydrogen (secondary N) is 1. The van der Waals surface area contributed by atoms with E-state index in [4.69, 9.17) is 4.52 Å². The molecule has 0 fully saturated rings. The summed E-state index contributed by atoms with van der Waals surface area (Å²) in [6, 6.07) is 8.62. The predicted molar refractivity (Wildman–Crippen MR) is 82.2 cm³/mol. The van der Waals surface area contributed by atoms with E-state index in [-0.39, 0.29) is 5.92 Å². The van der Waals surface area contributed by atoms with Crippen LogP contribution in [0.4, 0.5) is 0 Å². The molecule has 0 amide bonds. The molecule has 2 heterocycles. The summed E-state index contributed by atoms with van der Waals surface area (Å²) in [5, 5.41) is 8.45. The molecule has 0 spiro atoms. The lowest BCUT2D eigenvalue weighted by molar-refractivity contribution is 0.360. The Balaban J connectivity index is 1.86. The second kappa shape index (κ2) is 5.69. The molecule has 0 aliphatic heterocycles. The Hall–Kier alpha value is -2.14. The molecule has 3 aromatic rings. The summed E-state index contributed by atoms with van der Waals surface area (Å²) in [4.78, 5) is 4.43. The SMILES string of the molecule is CNCc1ccc2c(ccn2Cc2noc(C(C)C)n2)c1. The van der Waals surface area contributed by atoms with E-state index >= 15 is 0 Å². The van der Waals surface area contributed by atoms with Gasteiger partial charge in [-0.2, -0.15) is 4.98 Å². The Morgan fingerprint density at radius 1 is 1.29 bits per heavy atom. The number of fused-ring (bicyclic) bond motifs is 1. The zero-order chi connectivity index (χ0) is 14.8. The highest BCUT2D eigenvalue weighted by Crippen LogP contribution is 2.19. The highest BCUT2D eigenvalue weighted by Gasteiger charge is 2.11. The molecule has 0 bridgehead atoms. The average molecular weight is 284 g/mol. The third-order valence-corrected chi connectivity index (χ3v) is 3.51. The van der Waals surface area contributed by atoms with Crippen molar-refractivity contribution in [2.45, 2.75) is 32.9 Å². The maximum Gasteiger partial charge on any atom is 0.229 e. The van der Waals surface area contributed by atoms with Gasteiger partial charge in [-0.05, 0) is 36.2 Å². The van der Waals surface area contributed by atoms with E-state index in [9.17, 15) is 0 Å². The van der Waals surface area contributed by atoms with Crippen LogP contribution in [-0.4, -0.2) is 21.8 Å². The molecule has 0 saturated carbocycles. The standard InChI is InChI=1S/C16H20N4O/c1-11(2)16-18-15(19-21-16)10-20-7-6-13-8-12(9-17-3)4-5-14(13)20/h4-8,11,17H,9-10H2,1-3H3. The lowest BCUT2D eigenvalue weighted by Crippen LogP contribution is -2.05. The molecule has 0 unspecified atom stereocenters. The Labute approximate surface area is 124 Å². The van der Waals surface area contributed by atoms with Gasteiger partial charge in [-0.15, -0.1) is 0 Å². The number of hydrogen-bond donors (Lipinski definition) is 1. The second-order valence-corrected chi connectivity index (χ2v) is 5.57. The lowest BCUT2D eigenvalue weighted by atomic mass is 10.1. The van der Waals surface area contributed by atoms with Gasteiger partial charge in [-0.3, -0.25) is 0 Å². The quantitative estimate of drug-likeness (QED) is 0.782. The van der Waals surface area contributed by atoms with Crippen molar-refractivity contribution >= 4 is 10.9 Å². The molecule has 0 aliphatic rings. The van der Waals surface area contributed by atoms with Crippen LogP contribution in [0.5, 0.6) is 0 Å². The predicted octanol–water partition coefficient (Wildman–Crippen LogP) is 2.92. The molecule has 0 atom stereocenters. The summed E-state index contributed by atoms with van der Waals surface area (Å²) < 4.78 is 7.40. The second-order valence-electron chi connectivity index (χ2n) is 5.57. The fraction of sp³-hybridized carbons (Fsp3) is 0.375. The molecule has 1 aromatic carbocycles. The van der Waals surface area contributed by atoms with Crippen LogP contribution in [0.1, 0.15) is 37.0 Å². The van der Waals surface area contributed by atoms with E-state index in [0.29, 0.717) is 12.4 Å². The van der Waals surface area contributed by atoms with Crippen LogP contribution in [0.2, 0.25) is 0 Å². The summed E-state index contributed by atoms with van der Waals surface area (Å²) in [5.74, 6) is 1.67. The summed E-state index contributed by atoms with van der Waals surface area (Å²) in [7, 11) is 1.96. The molecule has 0 aliphatic carbocycles. The van der Waals surface area contributed by atoms with Gasteiger partial charge in [-0.1, -0.05) is 25.1 Å². The first-order chi connectivity index (χ1) is 10.2. The number of aromatic nitrogens is 3. The first-order valence-electron chi connectivity index (χ1n) is 7.22. The van der Waals surface area contributed by atoms with Gasteiger partial charge in [0.2, 0.25) is 5.89 Å². The maximum absolute atomic E-state index is 5.26. The first kappa shape index (κ1) is 13.8. The summed E-state index contributed by atoms with van der Waals surface area (Å²) in [5.41, 5.74) is 2.47. The third kappa shape index (κ3) is 2.83. The van der Waals surface area contributed by atoms with Gasteiger partial charge in [0.1, 0.15) is 0 Å². The van der Waals surface area contributed by atoms with Crippen LogP contribution in [0.25, 0.3) is 10.9 Å². The molecule has 21 heavy (non-hydrogen) atoms. The molecular formula is C16H20N4O. The van der Waals surface area contributed by atoms with Crippen molar-refractivity contribution in [1.82, 2.24) is 20.0 Å². The Morgan fingerprint density at radius 2 is 2.14 bits per heavy atom. The minimum Gasteiger partial charge on any atom is -0.340 e. The van der Waals surface area contributed by atoms with Crippen LogP contribution in [-0.2, 0) is 13.1 Å². The number of nitrogens with zero attached hydrogens (tertiary/aromatic N) is 3. The normalized spacial score (nSPS) is 11.6. The minimum absolute atomic E-state index is 0.261. The average Bonchev–Trinajstić information content (AvgIpc) is 3.07. The zero-order valence-electron chi connectivity index (χ0n) is 12.6. The van der Waals surface area contributed by atoms with Crippen molar-refractivity contribution in [3.63, 3.8) is 0 Å². The Kier molecular flexibility index (Phi) is 3.75. The fourth-order valence-corrected chi connectivity index (χ4v) is 2.42. The third-order valence-electron chi connectivity index (χ3n) is 3.51. The van der Waals surface area contributed by atoms with Crippen molar-refractivity contribution in [3.8, 4) is 0 Å². The van der Waals surface area contributed by atoms with E-state index in [1.54, 1.807) is 0 Å². The number of benzene rings is 1. The number of rotatable bonds is 5. The smallest absolute Gasteiger partial charge is 0.229 e. The Bertz CT molecular complexity index is 742. The summed E-state index contributed by atoms with van der Waals surface area (Å²) in [6.45, 7) is 5.60. The molecule has 2 aromatic heterocycles. The van der Waals surface area contributed by atoms with Crippen molar-refractivity contribution in [2.75, 3.05) is 7.05 Å². The van der Waals surface area contributed by atoms with Gasteiger partial charge in [0.25, 0.3) is 0 Å². The maximum atomic E-state index is 5.26. The van der Waals surface area contributed by atoms with Crippen molar-refractivity contribution in [2.24, 2.45) is 0 Å². The van der Waals surface area contributed by atoms with Crippen molar-refractivity contribution < 1.29 is 4.52 Å². The molecule has 5 heteroatoms. The van der Waals surface area contributed by atoms with Crippen LogP contribution >= 0.6 is 0 Å². The van der Waals surface area contributed by atoms with Crippen LogP contribution in [0, 0.1) is 0 Å². The zero-order valence-corrected chi connectivity index (χ0v) is 12.6. The van der Waals surface area contributed by atoms with Crippen LogP contribution < -0.4 is 5.32 Å². The van der Waals surface area contributed by atoms with Crippen molar-refractivity contribution in [3.05, 3.63) is 47.7 Å². The summed E-state index contributed by atoms with van der Waals surface area (Å²) in [6.07, 6.45) is 2.07. The van der Waals surface area contributed by atoms with Gasteiger partial charge in [0.15, 0.2) is 5.82 Å². The molecule has 0 radical (unpaired) electrons. The molecule has 0 saturated heterocycles. The summed E-state index contributed by atoms with van der Waals surface area (Å²) >= 11 is 0. The molecule has 5 nitrogen and oxygen atoms in total. The van der Waals surface area contributed by atoms with E-state index in [0.717, 1.165) is 12.4 Å². The monoisotopic (exact) mass is 284 g/mol. The van der Waals surface area contributed by atoms with E-state index in [1.165, 1.54) is 16.5 Å². The highest BCUT2D eigenvalue weighted by atomic mass is 16.5. The fourth-order valence-electron chi connectivity index (χ4n) is 2.42. The molecular weight excluding hydrogens is 264 g/mol. The topological polar surface area (TPSA) is 55.9 Å². The van der Waals surface area contributed by atoms with Gasteiger partial charge >= 0.3 is 0 Å². The lowest BCUT2D eigenvalue weighted by Gasteiger charge is -2.04. The van der Waals surface area contributed by atoms with E-state index in [2.05, 4.69) is 50.5 Å².